The summed E-state index contributed by atoms with van der Waals surface area (Å²) in [7, 11) is 0. The van der Waals surface area contributed by atoms with E-state index in [1.54, 1.807) is 0 Å². The summed E-state index contributed by atoms with van der Waals surface area (Å²) < 4.78 is 22.8. The zero-order valence-electron chi connectivity index (χ0n) is 56.7. The third-order valence-electron chi connectivity index (χ3n) is 23.4. The van der Waals surface area contributed by atoms with Crippen LogP contribution in [0.25, 0.3) is 98.8 Å². The van der Waals surface area contributed by atoms with Crippen molar-refractivity contribution in [2.75, 3.05) is 14.7 Å². The third-order valence-corrected chi connectivity index (χ3v) is 23.4. The van der Waals surface area contributed by atoms with Crippen molar-refractivity contribution >= 4 is 117 Å². The van der Waals surface area contributed by atoms with Gasteiger partial charge in [0.2, 0.25) is 0 Å². The molecule has 0 N–H and O–H groups in total. The highest BCUT2D eigenvalue weighted by Gasteiger charge is 2.56. The molecule has 6 heteroatoms. The number of hydrogen-bond donors (Lipinski definition) is 0. The Kier molecular flexibility index (Phi) is 11.2. The monoisotopic (exact) mass is 1300 g/mol. The van der Waals surface area contributed by atoms with Gasteiger partial charge in [-0.15, -0.1) is 0 Å². The minimum absolute atomic E-state index is 0.184. The van der Waals surface area contributed by atoms with E-state index < -0.39 is 5.41 Å². The van der Waals surface area contributed by atoms with Crippen LogP contribution < -0.4 is 19.4 Å². The fourth-order valence-corrected chi connectivity index (χ4v) is 18.8. The second kappa shape index (κ2) is 19.9. The Morgan fingerprint density at radius 3 is 1.29 bits per heavy atom. The Labute approximate surface area is 584 Å². The van der Waals surface area contributed by atoms with Crippen LogP contribution in [-0.2, 0) is 16.2 Å². The van der Waals surface area contributed by atoms with Gasteiger partial charge in [0, 0.05) is 55.5 Å². The second-order valence-electron chi connectivity index (χ2n) is 29.6. The van der Waals surface area contributed by atoms with Gasteiger partial charge in [-0.25, -0.2) is 0 Å². The van der Waals surface area contributed by atoms with Crippen LogP contribution in [0.3, 0.4) is 0 Å². The first-order valence-corrected chi connectivity index (χ1v) is 35.3. The van der Waals surface area contributed by atoms with E-state index in [4.69, 9.17) is 13.6 Å². The Morgan fingerprint density at radius 1 is 0.317 bits per heavy atom. The van der Waals surface area contributed by atoms with E-state index in [2.05, 4.69) is 341 Å². The fraction of sp³-hybridized carbons (Fsp3) is 0.0947. The summed E-state index contributed by atoms with van der Waals surface area (Å²) in [6.07, 6.45) is 0. The average Bonchev–Trinajstić information content (AvgIpc) is 1.50. The summed E-state index contributed by atoms with van der Waals surface area (Å²) in [5.74, 6) is 1.59. The molecular formula is C95H65N3O3. The van der Waals surface area contributed by atoms with Crippen LogP contribution in [0, 0.1) is 13.8 Å². The Morgan fingerprint density at radius 2 is 0.752 bits per heavy atom. The molecule has 3 aliphatic carbocycles. The van der Waals surface area contributed by atoms with E-state index in [1.165, 1.54) is 77.2 Å². The van der Waals surface area contributed by atoms with Gasteiger partial charge in [-0.2, -0.15) is 0 Å². The first-order chi connectivity index (χ1) is 49.4. The van der Waals surface area contributed by atoms with E-state index >= 15 is 0 Å². The van der Waals surface area contributed by atoms with Crippen molar-refractivity contribution in [3.63, 3.8) is 0 Å². The summed E-state index contributed by atoms with van der Waals surface area (Å²) in [4.78, 5) is 7.46. The quantitative estimate of drug-likeness (QED) is 0.165. The molecule has 478 valence electrons. The lowest BCUT2D eigenvalue weighted by Crippen LogP contribution is -2.37. The van der Waals surface area contributed by atoms with Gasteiger partial charge in [0.05, 0.1) is 44.6 Å². The van der Waals surface area contributed by atoms with E-state index in [0.29, 0.717) is 0 Å². The molecule has 101 heavy (non-hydrogen) atoms. The molecule has 4 heterocycles. The van der Waals surface area contributed by atoms with E-state index in [-0.39, 0.29) is 10.8 Å². The second-order valence-corrected chi connectivity index (χ2v) is 29.6. The van der Waals surface area contributed by atoms with Gasteiger partial charge in [-0.05, 0) is 223 Å². The van der Waals surface area contributed by atoms with E-state index in [0.717, 1.165) is 140 Å². The van der Waals surface area contributed by atoms with Gasteiger partial charge >= 0.3 is 0 Å². The summed E-state index contributed by atoms with van der Waals surface area (Å²) in [5, 5.41) is 8.81. The maximum atomic E-state index is 7.79. The van der Waals surface area contributed by atoms with Gasteiger partial charge in [-0.1, -0.05) is 203 Å². The number of anilines is 9. The number of rotatable bonds is 6. The van der Waals surface area contributed by atoms with Gasteiger partial charge in [0.25, 0.3) is 0 Å². The Balaban J connectivity index is 0.883. The number of ether oxygens (including phenoxy) is 1. The van der Waals surface area contributed by atoms with Crippen molar-refractivity contribution in [1.82, 2.24) is 0 Å². The Bertz CT molecular complexity index is 6220. The molecule has 2 aliphatic heterocycles. The number of para-hydroxylation sites is 6. The molecular weight excluding hydrogens is 1230 g/mol. The van der Waals surface area contributed by atoms with Crippen molar-refractivity contribution in [3.05, 3.63) is 341 Å². The lowest BCUT2D eigenvalue weighted by molar-refractivity contribution is 0.473. The lowest BCUT2D eigenvalue weighted by Gasteiger charge is -2.47. The first-order valence-electron chi connectivity index (χ1n) is 35.3. The minimum atomic E-state index is -1.07. The molecule has 0 saturated heterocycles. The highest BCUT2D eigenvalue weighted by Crippen LogP contribution is 2.71. The van der Waals surface area contributed by atoms with Crippen molar-refractivity contribution in [1.29, 1.82) is 0 Å². The van der Waals surface area contributed by atoms with Crippen LogP contribution in [0.5, 0.6) is 11.5 Å². The van der Waals surface area contributed by atoms with Gasteiger partial charge in [-0.3, -0.25) is 0 Å². The summed E-state index contributed by atoms with van der Waals surface area (Å²) in [6.45, 7) is 13.8. The number of furan rings is 2. The van der Waals surface area contributed by atoms with Crippen LogP contribution in [0.2, 0.25) is 0 Å². The molecule has 1 spiro atoms. The summed E-state index contributed by atoms with van der Waals surface area (Å²) in [6, 6.07) is 107. The largest absolute Gasteiger partial charge is 0.455 e. The molecule has 0 atom stereocenters. The van der Waals surface area contributed by atoms with E-state index in [9.17, 15) is 0 Å². The van der Waals surface area contributed by atoms with Gasteiger partial charge in [0.15, 0.2) is 11.5 Å². The molecule has 0 amide bonds. The molecule has 15 aromatic carbocycles. The normalized spacial score (nSPS) is 14.7. The number of fused-ring (bicyclic) bond motifs is 27. The molecule has 0 saturated carbocycles. The lowest BCUT2D eigenvalue weighted by atomic mass is 9.64. The van der Waals surface area contributed by atoms with Crippen LogP contribution in [0.4, 0.5) is 51.2 Å². The highest BCUT2D eigenvalue weighted by molar-refractivity contribution is 6.26. The third kappa shape index (κ3) is 7.45. The van der Waals surface area contributed by atoms with Crippen molar-refractivity contribution in [2.45, 2.75) is 57.8 Å². The fourth-order valence-electron chi connectivity index (χ4n) is 18.8. The number of nitrogens with zero attached hydrogens (tertiary/aromatic N) is 3. The molecule has 0 bridgehead atoms. The Hall–Kier alpha value is -12.4. The molecule has 2 aromatic heterocycles. The van der Waals surface area contributed by atoms with Gasteiger partial charge < -0.3 is 28.3 Å². The smallest absolute Gasteiger partial charge is 0.151 e. The number of aryl methyl sites for hydroxylation is 2. The average molecular weight is 1300 g/mol. The topological polar surface area (TPSA) is 45.2 Å². The molecule has 0 fully saturated rings. The molecule has 17 aromatic rings. The highest BCUT2D eigenvalue weighted by atomic mass is 16.5. The van der Waals surface area contributed by atoms with Crippen molar-refractivity contribution < 1.29 is 13.6 Å². The van der Waals surface area contributed by atoms with Crippen LogP contribution in [0.15, 0.2) is 294 Å². The van der Waals surface area contributed by atoms with Crippen LogP contribution >= 0.6 is 0 Å². The standard InChI is InChI=1S/C95H65N3O3/c1-54-34-40-60(41-35-54)96(62-44-38-56-48-68-64-20-7-11-24-70(64)93(3,4)74(68)50-58(56)46-62)80-52-76-88(91-86(80)66-22-9-16-30-82(66)100-91)89-77(95(76)72-26-13-14-28-78(72)98-79-29-15-18-32-84(79)99-85-33-19-27-73(95)90(85)98)53-81(87-67-23-10-17-31-83(67)101-92(87)89)97(61-42-36-55(2)37-43-61)63-45-39-57-49-69-65-21-8-12-25-71(65)94(5,6)75(69)51-59(57)47-63/h7-53H,1-6H3. The molecule has 22 rings (SSSR count). The van der Waals surface area contributed by atoms with Gasteiger partial charge in [0.1, 0.15) is 22.3 Å². The maximum Gasteiger partial charge on any atom is 0.151 e. The predicted octanol–water partition coefficient (Wildman–Crippen LogP) is 26.2. The zero-order chi connectivity index (χ0) is 67.1. The summed E-state index contributed by atoms with van der Waals surface area (Å²) >= 11 is 0. The van der Waals surface area contributed by atoms with Crippen molar-refractivity contribution in [3.8, 4) is 44.9 Å². The van der Waals surface area contributed by atoms with Crippen LogP contribution in [0.1, 0.15) is 83.3 Å². The summed E-state index contributed by atoms with van der Waals surface area (Å²) in [5.41, 5.74) is 30.2. The first kappa shape index (κ1) is 56.6. The molecule has 0 unspecified atom stereocenters. The molecule has 6 nitrogen and oxygen atoms in total. The minimum Gasteiger partial charge on any atom is -0.455 e. The molecule has 5 aliphatic rings. The maximum absolute atomic E-state index is 7.79. The van der Waals surface area contributed by atoms with E-state index in [1.807, 2.05) is 0 Å². The van der Waals surface area contributed by atoms with Crippen molar-refractivity contribution in [2.24, 2.45) is 0 Å². The number of benzene rings is 15. The number of hydrogen-bond acceptors (Lipinski definition) is 6. The zero-order valence-corrected chi connectivity index (χ0v) is 56.7. The predicted molar refractivity (Wildman–Crippen MR) is 416 cm³/mol. The SMILES string of the molecule is Cc1ccc(N(c2ccc3cc4c(cc3c2)C(C)(C)c2ccccc2-4)c2cc3c(c4oc5ccccc5c24)-c2c(cc(N(c4ccc(C)cc4)c4ccc5cc6c(cc5c4)C(C)(C)c4ccccc4-6)c4c2oc2ccccc24)C32c3ccccc3N3c4ccccc4Oc4cccc2c43)cc1. The van der Waals surface area contributed by atoms with Crippen LogP contribution in [-0.4, -0.2) is 0 Å². The molecule has 0 radical (unpaired) electrons.